The lowest BCUT2D eigenvalue weighted by atomic mass is 9.61. The van der Waals surface area contributed by atoms with Crippen molar-refractivity contribution in [1.29, 1.82) is 0 Å². The molecule has 42 heavy (non-hydrogen) atoms. The van der Waals surface area contributed by atoms with E-state index in [-0.39, 0.29) is 42.0 Å². The molecule has 4 heterocycles. The van der Waals surface area contributed by atoms with E-state index in [9.17, 15) is 19.5 Å². The van der Waals surface area contributed by atoms with Crippen molar-refractivity contribution in [3.63, 3.8) is 0 Å². The van der Waals surface area contributed by atoms with Crippen LogP contribution in [0.25, 0.3) is 11.4 Å². The van der Waals surface area contributed by atoms with Gasteiger partial charge in [0.25, 0.3) is 5.91 Å². The van der Waals surface area contributed by atoms with E-state index in [1.165, 1.54) is 11.3 Å². The van der Waals surface area contributed by atoms with Crippen LogP contribution in [-0.4, -0.2) is 61.9 Å². The van der Waals surface area contributed by atoms with E-state index in [1.807, 2.05) is 38.1 Å². The number of halogens is 1. The molecule has 6 rings (SSSR count). The Morgan fingerprint density at radius 1 is 1.12 bits per heavy atom. The Hall–Kier alpha value is -3.96. The van der Waals surface area contributed by atoms with Crippen LogP contribution in [0.15, 0.2) is 47.3 Å². The molecular formula is C31H34FN5O5. The molecule has 2 saturated heterocycles. The molecule has 11 heteroatoms. The topological polar surface area (TPSA) is 129 Å². The number of nitrogens with zero attached hydrogens (tertiary/aromatic N) is 4. The van der Waals surface area contributed by atoms with Crippen LogP contribution in [0.3, 0.4) is 0 Å². The first-order chi connectivity index (χ1) is 20.2. The van der Waals surface area contributed by atoms with Crippen molar-refractivity contribution in [1.82, 2.24) is 25.3 Å². The summed E-state index contributed by atoms with van der Waals surface area (Å²) in [6, 6.07) is 10.2. The van der Waals surface area contributed by atoms with Crippen molar-refractivity contribution < 1.29 is 28.4 Å². The van der Waals surface area contributed by atoms with Crippen molar-refractivity contribution in [2.24, 2.45) is 5.41 Å². The lowest BCUT2D eigenvalue weighted by Gasteiger charge is -2.54. The molecule has 0 radical (unpaired) electrons. The van der Waals surface area contributed by atoms with E-state index >= 15 is 4.39 Å². The molecule has 2 aromatic carbocycles. The first-order valence-corrected chi connectivity index (χ1v) is 14.5. The fourth-order valence-electron chi connectivity index (χ4n) is 7.08. The zero-order valence-corrected chi connectivity index (χ0v) is 23.7. The monoisotopic (exact) mass is 575 g/mol. The summed E-state index contributed by atoms with van der Waals surface area (Å²) < 4.78 is 21.2. The van der Waals surface area contributed by atoms with Gasteiger partial charge in [-0.1, -0.05) is 49.3 Å². The molecule has 2 N–H and O–H groups in total. The number of rotatable bonds is 7. The summed E-state index contributed by atoms with van der Waals surface area (Å²) >= 11 is 0. The Morgan fingerprint density at radius 2 is 1.88 bits per heavy atom. The van der Waals surface area contributed by atoms with Gasteiger partial charge in [-0.05, 0) is 37.3 Å². The van der Waals surface area contributed by atoms with E-state index in [0.29, 0.717) is 44.7 Å². The summed E-state index contributed by atoms with van der Waals surface area (Å²) in [6.45, 7) is 5.78. The molecular weight excluding hydrogens is 541 g/mol. The van der Waals surface area contributed by atoms with Gasteiger partial charge in [-0.15, -0.1) is 0 Å². The Bertz CT molecular complexity index is 1520. The second kappa shape index (κ2) is 10.7. The maximum Gasteiger partial charge on any atom is 0.255 e. The number of hydrogen-bond acceptors (Lipinski definition) is 8. The van der Waals surface area contributed by atoms with E-state index in [4.69, 9.17) is 4.52 Å². The van der Waals surface area contributed by atoms with Gasteiger partial charge in [-0.3, -0.25) is 24.6 Å². The summed E-state index contributed by atoms with van der Waals surface area (Å²) in [5.41, 5.74) is 0.484. The highest BCUT2D eigenvalue weighted by Crippen LogP contribution is 2.52. The first kappa shape index (κ1) is 28.2. The molecule has 2 fully saturated rings. The van der Waals surface area contributed by atoms with Gasteiger partial charge < -0.3 is 14.5 Å². The normalized spacial score (nSPS) is 24.1. The third-order valence-electron chi connectivity index (χ3n) is 9.62. The molecule has 3 amide bonds. The largest absolute Gasteiger partial charge is 0.384 e. The van der Waals surface area contributed by atoms with Crippen LogP contribution in [0.2, 0.25) is 0 Å². The van der Waals surface area contributed by atoms with Gasteiger partial charge in [0.15, 0.2) is 0 Å². The number of carbonyl (C=O) groups excluding carboxylic acids is 3. The van der Waals surface area contributed by atoms with Crippen LogP contribution in [0.4, 0.5) is 4.39 Å². The molecule has 10 nitrogen and oxygen atoms in total. The van der Waals surface area contributed by atoms with Gasteiger partial charge in [-0.25, -0.2) is 4.39 Å². The second-order valence-corrected chi connectivity index (χ2v) is 11.6. The Labute approximate surface area is 242 Å². The summed E-state index contributed by atoms with van der Waals surface area (Å²) in [7, 11) is 0. The smallest absolute Gasteiger partial charge is 0.255 e. The van der Waals surface area contributed by atoms with Crippen molar-refractivity contribution >= 4 is 17.7 Å². The number of imide groups is 1. The van der Waals surface area contributed by atoms with Crippen LogP contribution in [0.5, 0.6) is 0 Å². The minimum atomic E-state index is -1.44. The number of likely N-dealkylation sites (tertiary alicyclic amines) is 1. The first-order valence-electron chi connectivity index (χ1n) is 14.5. The highest BCUT2D eigenvalue weighted by molar-refractivity contribution is 6.05. The highest BCUT2D eigenvalue weighted by Gasteiger charge is 2.54. The maximum atomic E-state index is 16.4. The molecule has 1 unspecified atom stereocenters. The van der Waals surface area contributed by atoms with Crippen molar-refractivity contribution in [2.45, 2.75) is 70.7 Å². The van der Waals surface area contributed by atoms with Crippen LogP contribution < -0.4 is 5.32 Å². The lowest BCUT2D eigenvalue weighted by molar-refractivity contribution is -0.150. The van der Waals surface area contributed by atoms with Crippen molar-refractivity contribution in [3.05, 3.63) is 70.9 Å². The number of hydrogen-bond donors (Lipinski definition) is 2. The minimum absolute atomic E-state index is 0.0760. The maximum absolute atomic E-state index is 16.4. The van der Waals surface area contributed by atoms with Gasteiger partial charge in [0.1, 0.15) is 17.5 Å². The summed E-state index contributed by atoms with van der Waals surface area (Å²) in [4.78, 5) is 45.0. The molecule has 0 bridgehead atoms. The zero-order valence-electron chi connectivity index (χ0n) is 23.7. The zero-order chi connectivity index (χ0) is 29.6. The molecule has 2 atom stereocenters. The molecule has 3 aromatic rings. The number of aromatic nitrogens is 2. The van der Waals surface area contributed by atoms with Crippen LogP contribution >= 0.6 is 0 Å². The van der Waals surface area contributed by atoms with Gasteiger partial charge in [0.2, 0.25) is 24.0 Å². The molecule has 0 aliphatic carbocycles. The van der Waals surface area contributed by atoms with Gasteiger partial charge in [-0.2, -0.15) is 4.98 Å². The fraction of sp³-hybridized carbons (Fsp3) is 0.452. The Morgan fingerprint density at radius 3 is 2.55 bits per heavy atom. The molecule has 1 aromatic heterocycles. The van der Waals surface area contributed by atoms with Gasteiger partial charge in [0, 0.05) is 53.7 Å². The van der Waals surface area contributed by atoms with Crippen molar-refractivity contribution in [2.75, 3.05) is 13.1 Å². The number of aliphatic hydroxyl groups is 1. The van der Waals surface area contributed by atoms with Gasteiger partial charge in [0.05, 0.1) is 6.54 Å². The molecule has 220 valence electrons. The van der Waals surface area contributed by atoms with E-state index < -0.39 is 34.7 Å². The summed E-state index contributed by atoms with van der Waals surface area (Å²) in [5.74, 6) is -1.42. The quantitative estimate of drug-likeness (QED) is 0.410. The summed E-state index contributed by atoms with van der Waals surface area (Å²) in [5, 5.41) is 18.5. The number of carbonyl (C=O) groups is 3. The third kappa shape index (κ3) is 4.51. The second-order valence-electron chi connectivity index (χ2n) is 11.6. The summed E-state index contributed by atoms with van der Waals surface area (Å²) in [6.07, 6.45) is 3.21. The predicted molar refractivity (Wildman–Crippen MR) is 149 cm³/mol. The average molecular weight is 576 g/mol. The third-order valence-corrected chi connectivity index (χ3v) is 9.62. The SMILES string of the molecule is CCC1(CC)CN(Cc2ccc(-c3ncon3)cc2)CC[C@@]1(O)c1ccc2c(c1F)CN(C1CCC(=O)NC1=O)C2=O. The van der Waals surface area contributed by atoms with E-state index in [1.54, 1.807) is 12.1 Å². The van der Waals surface area contributed by atoms with Crippen LogP contribution in [0.1, 0.15) is 73.0 Å². The standard InChI is InChI=1S/C31H34FN5O5/c1-3-30(4-2)17-36(15-19-5-7-20(8-6-19)27-33-18-42-35-27)14-13-31(30,41)23-10-9-21-22(26(23)32)16-37(29(21)40)24-11-12-25(38)34-28(24)39/h5-10,18,24,41H,3-4,11-17H2,1-2H3,(H,34,38,39)/t24?,31-/m1/s1. The molecule has 3 aliphatic heterocycles. The van der Waals surface area contributed by atoms with Crippen LogP contribution in [-0.2, 0) is 28.3 Å². The van der Waals surface area contributed by atoms with E-state index in [2.05, 4.69) is 20.4 Å². The van der Waals surface area contributed by atoms with Crippen LogP contribution in [0, 0.1) is 11.2 Å². The van der Waals surface area contributed by atoms with Crippen molar-refractivity contribution in [3.8, 4) is 11.4 Å². The average Bonchev–Trinajstić information content (AvgIpc) is 3.64. The number of nitrogens with one attached hydrogen (secondary N) is 1. The molecule has 0 spiro atoms. The Kier molecular flexibility index (Phi) is 7.18. The lowest BCUT2D eigenvalue weighted by Crippen LogP contribution is -2.57. The predicted octanol–water partition coefficient (Wildman–Crippen LogP) is 3.54. The molecule has 0 saturated carbocycles. The Balaban J connectivity index is 1.24. The fourth-order valence-corrected chi connectivity index (χ4v) is 7.08. The van der Waals surface area contributed by atoms with E-state index in [0.717, 1.165) is 11.1 Å². The number of piperidine rings is 2. The minimum Gasteiger partial charge on any atom is -0.384 e. The highest BCUT2D eigenvalue weighted by atomic mass is 19.1. The number of amides is 3. The molecule has 3 aliphatic rings. The van der Waals surface area contributed by atoms with Gasteiger partial charge >= 0.3 is 0 Å². The number of fused-ring (bicyclic) bond motifs is 1. The number of benzene rings is 2.